The molecule has 0 bridgehead atoms. The van der Waals surface area contributed by atoms with Crippen LogP contribution in [0.25, 0.3) is 11.3 Å². The van der Waals surface area contributed by atoms with E-state index >= 15 is 0 Å². The van der Waals surface area contributed by atoms with Gasteiger partial charge in [0.1, 0.15) is 23.9 Å². The lowest BCUT2D eigenvalue weighted by Gasteiger charge is -2.30. The van der Waals surface area contributed by atoms with Crippen molar-refractivity contribution in [1.29, 1.82) is 0 Å². The van der Waals surface area contributed by atoms with Crippen molar-refractivity contribution in [3.63, 3.8) is 0 Å². The van der Waals surface area contributed by atoms with E-state index < -0.39 is 6.10 Å². The van der Waals surface area contributed by atoms with Crippen LogP contribution in [0.4, 0.5) is 10.3 Å². The molecule has 1 N–H and O–H groups in total. The van der Waals surface area contributed by atoms with Gasteiger partial charge in [-0.2, -0.15) is 0 Å². The van der Waals surface area contributed by atoms with Gasteiger partial charge in [-0.1, -0.05) is 5.16 Å². The Labute approximate surface area is 215 Å². The minimum Gasteiger partial charge on any atom is -0.467 e. The molecule has 2 atom stereocenters. The first kappa shape index (κ1) is 25.9. The summed E-state index contributed by atoms with van der Waals surface area (Å²) in [4.78, 5) is 4.30. The summed E-state index contributed by atoms with van der Waals surface area (Å²) in [7, 11) is 0. The number of anilines is 1. The number of halogens is 1. The van der Waals surface area contributed by atoms with E-state index in [1.165, 1.54) is 12.1 Å². The maximum absolute atomic E-state index is 13.6. The van der Waals surface area contributed by atoms with E-state index in [9.17, 15) is 9.50 Å². The van der Waals surface area contributed by atoms with Gasteiger partial charge < -0.3 is 33.2 Å². The Bertz CT molecular complexity index is 1080. The number of aliphatic hydroxyl groups is 1. The lowest BCUT2D eigenvalue weighted by molar-refractivity contribution is -0.00634. The van der Waals surface area contributed by atoms with Gasteiger partial charge in [0, 0.05) is 44.9 Å². The molecule has 0 saturated carbocycles. The minimum absolute atomic E-state index is 0.0946. The molecular formula is C27H34FN3O6. The molecule has 2 fully saturated rings. The van der Waals surface area contributed by atoms with Crippen LogP contribution < -0.4 is 4.90 Å². The summed E-state index contributed by atoms with van der Waals surface area (Å²) in [6.45, 7) is 5.36. The Balaban J connectivity index is 1.35. The second-order valence-electron chi connectivity index (χ2n) is 9.50. The summed E-state index contributed by atoms with van der Waals surface area (Å²) in [6.07, 6.45) is 2.99. The van der Waals surface area contributed by atoms with Crippen LogP contribution in [-0.2, 0) is 27.4 Å². The van der Waals surface area contributed by atoms with Gasteiger partial charge in [0.05, 0.1) is 43.9 Å². The molecule has 37 heavy (non-hydrogen) atoms. The van der Waals surface area contributed by atoms with Crippen LogP contribution in [-0.4, -0.2) is 80.0 Å². The van der Waals surface area contributed by atoms with Crippen LogP contribution in [0.5, 0.6) is 0 Å². The average molecular weight is 516 g/mol. The van der Waals surface area contributed by atoms with Crippen LogP contribution in [0.1, 0.15) is 24.2 Å². The Morgan fingerprint density at radius 3 is 2.73 bits per heavy atom. The van der Waals surface area contributed by atoms with Gasteiger partial charge in [0.25, 0.3) is 0 Å². The van der Waals surface area contributed by atoms with E-state index in [0.717, 1.165) is 30.6 Å². The van der Waals surface area contributed by atoms with Crippen LogP contribution in [0, 0.1) is 5.82 Å². The third kappa shape index (κ3) is 6.97. The first-order valence-electron chi connectivity index (χ1n) is 12.8. The third-order valence-corrected chi connectivity index (χ3v) is 6.65. The number of rotatable bonds is 12. The van der Waals surface area contributed by atoms with Crippen molar-refractivity contribution < 1.29 is 32.6 Å². The largest absolute Gasteiger partial charge is 0.467 e. The highest BCUT2D eigenvalue weighted by Gasteiger charge is 2.28. The quantitative estimate of drug-likeness (QED) is 0.389. The molecule has 4 heterocycles. The molecule has 0 aliphatic carbocycles. The van der Waals surface area contributed by atoms with Crippen molar-refractivity contribution in [3.8, 4) is 11.3 Å². The Morgan fingerprint density at radius 1 is 1.16 bits per heavy atom. The lowest BCUT2D eigenvalue weighted by Crippen LogP contribution is -2.40. The highest BCUT2D eigenvalue weighted by molar-refractivity contribution is 5.68. The van der Waals surface area contributed by atoms with E-state index in [-0.39, 0.29) is 18.5 Å². The fourth-order valence-corrected chi connectivity index (χ4v) is 4.84. The second-order valence-corrected chi connectivity index (χ2v) is 9.50. The molecule has 5 rings (SSSR count). The van der Waals surface area contributed by atoms with E-state index in [1.54, 1.807) is 18.4 Å². The highest BCUT2D eigenvalue weighted by Crippen LogP contribution is 2.33. The summed E-state index contributed by atoms with van der Waals surface area (Å²) in [5, 5.41) is 15.2. The van der Waals surface area contributed by atoms with Gasteiger partial charge in [-0.15, -0.1) is 0 Å². The fourth-order valence-electron chi connectivity index (χ4n) is 4.84. The van der Waals surface area contributed by atoms with E-state index in [4.69, 9.17) is 23.2 Å². The molecule has 0 unspecified atom stereocenters. The van der Waals surface area contributed by atoms with E-state index in [0.29, 0.717) is 69.9 Å². The zero-order valence-electron chi connectivity index (χ0n) is 20.9. The van der Waals surface area contributed by atoms with Gasteiger partial charge in [-0.3, -0.25) is 4.90 Å². The Morgan fingerprint density at radius 2 is 2.00 bits per heavy atom. The molecule has 0 radical (unpaired) electrons. The third-order valence-electron chi connectivity index (χ3n) is 6.65. The van der Waals surface area contributed by atoms with Crippen molar-refractivity contribution in [3.05, 3.63) is 59.8 Å². The minimum atomic E-state index is -0.711. The fraction of sp³-hybridized carbons (Fsp3) is 0.519. The molecule has 9 nitrogen and oxygen atoms in total. The number of aliphatic hydroxyl groups excluding tert-OH is 1. The average Bonchev–Trinajstić information content (AvgIpc) is 3.68. The van der Waals surface area contributed by atoms with E-state index in [2.05, 4.69) is 15.0 Å². The smallest absolute Gasteiger partial charge is 0.232 e. The summed E-state index contributed by atoms with van der Waals surface area (Å²) in [6, 6.07) is 9.91. The molecule has 3 aromatic rings. The number of aromatic nitrogens is 1. The molecule has 2 aromatic heterocycles. The van der Waals surface area contributed by atoms with Crippen LogP contribution in [0.15, 0.2) is 51.6 Å². The summed E-state index contributed by atoms with van der Waals surface area (Å²) >= 11 is 0. The Hall–Kier alpha value is -2.76. The maximum atomic E-state index is 13.6. The molecule has 200 valence electrons. The molecule has 2 aliphatic heterocycles. The molecular weight excluding hydrogens is 481 g/mol. The summed E-state index contributed by atoms with van der Waals surface area (Å²) in [5.41, 5.74) is 2.34. The number of nitrogens with zero attached hydrogens (tertiary/aromatic N) is 3. The SMILES string of the molecule is O[C@@H](COCc1ccco1)CN(Cc1c(-c2ccc(F)cc2)noc1N1CCOCC1)C[C@H]1CCCO1. The zero-order chi connectivity index (χ0) is 25.5. The molecule has 0 amide bonds. The van der Waals surface area contributed by atoms with Gasteiger partial charge in [-0.05, 0) is 49.2 Å². The first-order valence-corrected chi connectivity index (χ1v) is 12.8. The molecule has 2 aliphatic rings. The molecule has 2 saturated heterocycles. The topological polar surface area (TPSA) is 93.6 Å². The maximum Gasteiger partial charge on any atom is 0.232 e. The number of ether oxygens (including phenoxy) is 3. The second kappa shape index (κ2) is 12.7. The highest BCUT2D eigenvalue weighted by atomic mass is 19.1. The molecule has 10 heteroatoms. The number of hydrogen-bond acceptors (Lipinski definition) is 9. The number of furan rings is 1. The van der Waals surface area contributed by atoms with Gasteiger partial charge in [0.2, 0.25) is 5.88 Å². The van der Waals surface area contributed by atoms with Crippen molar-refractivity contribution >= 4 is 5.88 Å². The normalized spacial score (nSPS) is 19.1. The predicted molar refractivity (Wildman–Crippen MR) is 134 cm³/mol. The van der Waals surface area contributed by atoms with Gasteiger partial charge in [0.15, 0.2) is 0 Å². The summed E-state index contributed by atoms with van der Waals surface area (Å²) in [5.74, 6) is 1.09. The van der Waals surface area contributed by atoms with Crippen LogP contribution in [0.2, 0.25) is 0 Å². The molecule has 1 aromatic carbocycles. The van der Waals surface area contributed by atoms with Gasteiger partial charge >= 0.3 is 0 Å². The van der Waals surface area contributed by atoms with Crippen molar-refractivity contribution in [2.24, 2.45) is 0 Å². The number of hydrogen-bond donors (Lipinski definition) is 1. The van der Waals surface area contributed by atoms with Crippen LogP contribution >= 0.6 is 0 Å². The van der Waals surface area contributed by atoms with Crippen molar-refractivity contribution in [1.82, 2.24) is 10.1 Å². The lowest BCUT2D eigenvalue weighted by atomic mass is 10.1. The monoisotopic (exact) mass is 515 g/mol. The van der Waals surface area contributed by atoms with E-state index in [1.807, 2.05) is 12.1 Å². The van der Waals surface area contributed by atoms with Crippen LogP contribution in [0.3, 0.4) is 0 Å². The Kier molecular flexibility index (Phi) is 8.85. The number of morpholine rings is 1. The predicted octanol–water partition coefficient (Wildman–Crippen LogP) is 3.47. The molecule has 0 spiro atoms. The first-order chi connectivity index (χ1) is 18.2. The number of benzene rings is 1. The van der Waals surface area contributed by atoms with Gasteiger partial charge in [-0.25, -0.2) is 4.39 Å². The standard InChI is InChI=1S/C27H34FN3O6/c28-21-7-5-20(6-8-21)26-25(27(37-29-26)31-9-13-33-14-10-31)17-30(16-23-3-1-11-35-23)15-22(32)18-34-19-24-4-2-12-36-24/h2,4-8,12,22-23,32H,1,3,9-11,13-19H2/t22-,23-/m1/s1. The van der Waals surface area contributed by atoms with Crippen molar-refractivity contribution in [2.75, 3.05) is 57.5 Å². The zero-order valence-corrected chi connectivity index (χ0v) is 20.9. The van der Waals surface area contributed by atoms with Crippen molar-refractivity contribution in [2.45, 2.75) is 38.2 Å². The summed E-state index contributed by atoms with van der Waals surface area (Å²) < 4.78 is 41.9.